The van der Waals surface area contributed by atoms with Gasteiger partial charge in [0.2, 0.25) is 0 Å². The summed E-state index contributed by atoms with van der Waals surface area (Å²) in [6, 6.07) is 8.85. The van der Waals surface area contributed by atoms with E-state index in [0.29, 0.717) is 0 Å². The van der Waals surface area contributed by atoms with Crippen molar-refractivity contribution < 1.29 is 4.39 Å². The molecule has 2 nitrogen and oxygen atoms in total. The second kappa shape index (κ2) is 4.49. The summed E-state index contributed by atoms with van der Waals surface area (Å²) in [6.45, 7) is 1.97. The number of hydrogen-bond donors (Lipinski definition) is 1. The van der Waals surface area contributed by atoms with Gasteiger partial charge in [-0.05, 0) is 30.7 Å². The second-order valence-corrected chi connectivity index (χ2v) is 3.91. The number of hydrogen-bond acceptors (Lipinski definition) is 2. The van der Waals surface area contributed by atoms with Crippen LogP contribution in [0.4, 0.5) is 15.9 Å². The molecule has 0 aliphatic carbocycles. The summed E-state index contributed by atoms with van der Waals surface area (Å²) in [4.78, 5) is 3.88. The Morgan fingerprint density at radius 1 is 1.31 bits per heavy atom. The number of rotatable bonds is 2. The molecule has 1 aromatic carbocycles. The Morgan fingerprint density at radius 3 is 2.81 bits per heavy atom. The van der Waals surface area contributed by atoms with E-state index >= 15 is 0 Å². The minimum atomic E-state index is -0.464. The molecule has 0 atom stereocenters. The zero-order chi connectivity index (χ0) is 11.5. The molecule has 16 heavy (non-hydrogen) atoms. The van der Waals surface area contributed by atoms with Gasteiger partial charge in [0, 0.05) is 11.9 Å². The van der Waals surface area contributed by atoms with Gasteiger partial charge in [-0.15, -0.1) is 0 Å². The first-order valence-corrected chi connectivity index (χ1v) is 5.18. The van der Waals surface area contributed by atoms with Crippen molar-refractivity contribution in [1.82, 2.24) is 4.98 Å². The third kappa shape index (κ3) is 2.49. The van der Waals surface area contributed by atoms with E-state index in [1.807, 2.05) is 31.2 Å². The smallest absolute Gasteiger partial charge is 0.167 e. The quantitative estimate of drug-likeness (QED) is 0.855. The van der Waals surface area contributed by atoms with Crippen molar-refractivity contribution in [3.05, 3.63) is 52.9 Å². The molecular formula is C12H10ClFN2. The van der Waals surface area contributed by atoms with E-state index in [9.17, 15) is 4.39 Å². The Hall–Kier alpha value is -1.61. The highest BCUT2D eigenvalue weighted by molar-refractivity contribution is 6.30. The lowest BCUT2D eigenvalue weighted by Crippen LogP contribution is -1.96. The average Bonchev–Trinajstić information content (AvgIpc) is 2.22. The minimum absolute atomic E-state index is 0.176. The molecule has 0 unspecified atom stereocenters. The summed E-state index contributed by atoms with van der Waals surface area (Å²) < 4.78 is 13.4. The Labute approximate surface area is 98.1 Å². The van der Waals surface area contributed by atoms with E-state index in [4.69, 9.17) is 11.6 Å². The topological polar surface area (TPSA) is 24.9 Å². The molecule has 0 saturated heterocycles. The van der Waals surface area contributed by atoms with Gasteiger partial charge in [0.15, 0.2) is 11.6 Å². The summed E-state index contributed by atoms with van der Waals surface area (Å²) in [5.74, 6) is -0.288. The fourth-order valence-corrected chi connectivity index (χ4v) is 1.51. The SMILES string of the molecule is Cc1cccc(Nc2ncc(Cl)cc2F)c1. The highest BCUT2D eigenvalue weighted by Gasteiger charge is 2.04. The molecular weight excluding hydrogens is 227 g/mol. The number of nitrogens with one attached hydrogen (secondary N) is 1. The molecule has 0 fully saturated rings. The Bertz CT molecular complexity index is 514. The van der Waals surface area contributed by atoms with Crippen LogP contribution in [0.2, 0.25) is 5.02 Å². The molecule has 0 amide bonds. The van der Waals surface area contributed by atoms with E-state index in [2.05, 4.69) is 10.3 Å². The zero-order valence-electron chi connectivity index (χ0n) is 8.67. The van der Waals surface area contributed by atoms with Crippen LogP contribution in [0, 0.1) is 12.7 Å². The van der Waals surface area contributed by atoms with E-state index in [0.717, 1.165) is 11.3 Å². The van der Waals surface area contributed by atoms with Crippen molar-refractivity contribution in [2.24, 2.45) is 0 Å². The maximum atomic E-state index is 13.4. The van der Waals surface area contributed by atoms with Gasteiger partial charge in [-0.3, -0.25) is 0 Å². The fourth-order valence-electron chi connectivity index (χ4n) is 1.37. The Balaban J connectivity index is 2.27. The third-order valence-electron chi connectivity index (χ3n) is 2.09. The number of halogens is 2. The first-order valence-electron chi connectivity index (χ1n) is 4.80. The highest BCUT2D eigenvalue weighted by Crippen LogP contribution is 2.20. The van der Waals surface area contributed by atoms with E-state index in [1.165, 1.54) is 12.3 Å². The lowest BCUT2D eigenvalue weighted by atomic mass is 10.2. The van der Waals surface area contributed by atoms with Crippen molar-refractivity contribution in [3.8, 4) is 0 Å². The van der Waals surface area contributed by atoms with Gasteiger partial charge >= 0.3 is 0 Å². The summed E-state index contributed by atoms with van der Waals surface area (Å²) in [6.07, 6.45) is 1.41. The van der Waals surface area contributed by atoms with E-state index in [1.54, 1.807) is 0 Å². The normalized spacial score (nSPS) is 10.2. The Kier molecular flexibility index (Phi) is 3.06. The molecule has 82 valence electrons. The van der Waals surface area contributed by atoms with Gasteiger partial charge in [0.25, 0.3) is 0 Å². The van der Waals surface area contributed by atoms with Gasteiger partial charge in [0.1, 0.15) is 0 Å². The number of pyridine rings is 1. The summed E-state index contributed by atoms with van der Waals surface area (Å²) >= 11 is 5.61. The van der Waals surface area contributed by atoms with Gasteiger partial charge in [-0.2, -0.15) is 0 Å². The van der Waals surface area contributed by atoms with E-state index in [-0.39, 0.29) is 10.8 Å². The molecule has 0 bridgehead atoms. The van der Waals surface area contributed by atoms with Gasteiger partial charge in [-0.25, -0.2) is 9.37 Å². The second-order valence-electron chi connectivity index (χ2n) is 3.48. The molecule has 0 saturated carbocycles. The number of anilines is 2. The number of aromatic nitrogens is 1. The first kappa shape index (κ1) is 10.9. The fraction of sp³-hybridized carbons (Fsp3) is 0.0833. The molecule has 0 aliphatic heterocycles. The van der Waals surface area contributed by atoms with Crippen molar-refractivity contribution in [2.45, 2.75) is 6.92 Å². The minimum Gasteiger partial charge on any atom is -0.338 e. The van der Waals surface area contributed by atoms with E-state index < -0.39 is 5.82 Å². The van der Waals surface area contributed by atoms with Crippen molar-refractivity contribution >= 4 is 23.1 Å². The maximum Gasteiger partial charge on any atom is 0.167 e. The third-order valence-corrected chi connectivity index (χ3v) is 2.30. The van der Waals surface area contributed by atoms with Crippen LogP contribution < -0.4 is 5.32 Å². The van der Waals surface area contributed by atoms with Gasteiger partial charge < -0.3 is 5.32 Å². The van der Waals surface area contributed by atoms with Crippen LogP contribution >= 0.6 is 11.6 Å². The van der Waals surface area contributed by atoms with Crippen molar-refractivity contribution in [2.75, 3.05) is 5.32 Å². The molecule has 0 aliphatic rings. The summed E-state index contributed by atoms with van der Waals surface area (Å²) in [5, 5.41) is 3.18. The number of nitrogens with zero attached hydrogens (tertiary/aromatic N) is 1. The van der Waals surface area contributed by atoms with Gasteiger partial charge in [-0.1, -0.05) is 23.7 Å². The predicted octanol–water partition coefficient (Wildman–Crippen LogP) is 3.93. The average molecular weight is 237 g/mol. The molecule has 1 N–H and O–H groups in total. The lowest BCUT2D eigenvalue weighted by Gasteiger charge is -2.07. The van der Waals surface area contributed by atoms with Crippen LogP contribution in [0.1, 0.15) is 5.56 Å². The Morgan fingerprint density at radius 2 is 2.12 bits per heavy atom. The van der Waals surface area contributed by atoms with Crippen LogP contribution in [0.15, 0.2) is 36.5 Å². The predicted molar refractivity (Wildman–Crippen MR) is 63.7 cm³/mol. The first-order chi connectivity index (χ1) is 7.65. The van der Waals surface area contributed by atoms with Crippen molar-refractivity contribution in [1.29, 1.82) is 0 Å². The summed E-state index contributed by atoms with van der Waals surface area (Å²) in [5.41, 5.74) is 1.90. The van der Waals surface area contributed by atoms with Crippen LogP contribution in [-0.2, 0) is 0 Å². The molecule has 2 rings (SSSR count). The highest BCUT2D eigenvalue weighted by atomic mass is 35.5. The maximum absolute atomic E-state index is 13.4. The molecule has 1 aromatic heterocycles. The van der Waals surface area contributed by atoms with Gasteiger partial charge in [0.05, 0.1) is 5.02 Å². The lowest BCUT2D eigenvalue weighted by molar-refractivity contribution is 0.626. The molecule has 0 spiro atoms. The molecule has 1 heterocycles. The summed E-state index contributed by atoms with van der Waals surface area (Å²) in [7, 11) is 0. The molecule has 4 heteroatoms. The van der Waals surface area contributed by atoms with Crippen molar-refractivity contribution in [3.63, 3.8) is 0 Å². The largest absolute Gasteiger partial charge is 0.338 e. The zero-order valence-corrected chi connectivity index (χ0v) is 9.42. The van der Waals surface area contributed by atoms with Crippen LogP contribution in [0.25, 0.3) is 0 Å². The molecule has 0 radical (unpaired) electrons. The monoisotopic (exact) mass is 236 g/mol. The standard InChI is InChI=1S/C12H10ClFN2/c1-8-3-2-4-10(5-8)16-12-11(14)6-9(13)7-15-12/h2-7H,1H3,(H,15,16). The molecule has 2 aromatic rings. The van der Waals surface area contributed by atoms with Crippen LogP contribution in [-0.4, -0.2) is 4.98 Å². The van der Waals surface area contributed by atoms with Crippen LogP contribution in [0.5, 0.6) is 0 Å². The van der Waals surface area contributed by atoms with Crippen LogP contribution in [0.3, 0.4) is 0 Å². The number of aryl methyl sites for hydroxylation is 1. The number of benzene rings is 1.